The molecule has 0 aromatic heterocycles. The highest BCUT2D eigenvalue weighted by Gasteiger charge is 2.49. The van der Waals surface area contributed by atoms with E-state index in [4.69, 9.17) is 4.74 Å². The van der Waals surface area contributed by atoms with Crippen molar-refractivity contribution < 1.29 is 19.4 Å². The zero-order valence-corrected chi connectivity index (χ0v) is 19.3. The summed E-state index contributed by atoms with van der Waals surface area (Å²) >= 11 is 3.43. The minimum atomic E-state index is -0.624. The van der Waals surface area contributed by atoms with Crippen LogP contribution in [-0.2, 0) is 16.0 Å². The van der Waals surface area contributed by atoms with Gasteiger partial charge in [-0.2, -0.15) is 0 Å². The van der Waals surface area contributed by atoms with Gasteiger partial charge in [-0.25, -0.2) is 0 Å². The van der Waals surface area contributed by atoms with Crippen LogP contribution in [0, 0.1) is 0 Å². The van der Waals surface area contributed by atoms with Crippen molar-refractivity contribution in [2.75, 3.05) is 7.11 Å². The van der Waals surface area contributed by atoms with Gasteiger partial charge in [-0.3, -0.25) is 9.59 Å². The molecule has 1 heterocycles. The molecule has 2 fully saturated rings. The number of rotatable bonds is 5. The van der Waals surface area contributed by atoms with Crippen LogP contribution in [0.25, 0.3) is 5.76 Å². The first-order valence-corrected chi connectivity index (χ1v) is 11.5. The molecule has 4 rings (SSSR count). The van der Waals surface area contributed by atoms with Gasteiger partial charge in [-0.05, 0) is 64.5 Å². The monoisotopic (exact) mass is 483 g/mol. The number of halogens is 1. The summed E-state index contributed by atoms with van der Waals surface area (Å²) in [4.78, 5) is 28.0. The number of aryl methyl sites for hydroxylation is 1. The number of aliphatic hydroxyl groups is 1. The summed E-state index contributed by atoms with van der Waals surface area (Å²) in [5, 5.41) is 11.2. The van der Waals surface area contributed by atoms with Crippen molar-refractivity contribution in [3.05, 3.63) is 69.2 Å². The quantitative estimate of drug-likeness (QED) is 0.352. The minimum Gasteiger partial charge on any atom is -0.507 e. The summed E-state index contributed by atoms with van der Waals surface area (Å²) in [6.07, 6.45) is 4.75. The lowest BCUT2D eigenvalue weighted by Gasteiger charge is -2.30. The molecular formula is C25H26BrNO4. The molecule has 1 saturated carbocycles. The van der Waals surface area contributed by atoms with E-state index in [1.54, 1.807) is 30.2 Å². The second-order valence-corrected chi connectivity index (χ2v) is 8.94. The molecule has 1 unspecified atom stereocenters. The number of Topliss-reactive ketones (excluding diaryl/α,β-unsaturated/α-hetero) is 1. The summed E-state index contributed by atoms with van der Waals surface area (Å²) in [6, 6.07) is 12.5. The van der Waals surface area contributed by atoms with Crippen molar-refractivity contribution in [1.82, 2.24) is 4.90 Å². The fourth-order valence-electron chi connectivity index (χ4n) is 4.64. The van der Waals surface area contributed by atoms with Crippen LogP contribution in [0.4, 0.5) is 0 Å². The molecular weight excluding hydrogens is 458 g/mol. The number of methoxy groups -OCH3 is 1. The summed E-state index contributed by atoms with van der Waals surface area (Å²) in [5.74, 6) is -0.687. The van der Waals surface area contributed by atoms with Crippen molar-refractivity contribution in [2.24, 2.45) is 0 Å². The van der Waals surface area contributed by atoms with Crippen molar-refractivity contribution in [1.29, 1.82) is 0 Å². The number of hydrogen-bond donors (Lipinski definition) is 1. The second kappa shape index (κ2) is 8.87. The molecule has 162 valence electrons. The molecule has 5 nitrogen and oxygen atoms in total. The number of benzene rings is 2. The van der Waals surface area contributed by atoms with E-state index in [-0.39, 0.29) is 17.4 Å². The third kappa shape index (κ3) is 3.89. The topological polar surface area (TPSA) is 66.8 Å². The van der Waals surface area contributed by atoms with Gasteiger partial charge in [-0.1, -0.05) is 44.0 Å². The number of carbonyl (C=O) groups is 2. The van der Waals surface area contributed by atoms with Crippen LogP contribution in [-0.4, -0.2) is 34.8 Å². The largest absolute Gasteiger partial charge is 0.507 e. The van der Waals surface area contributed by atoms with E-state index in [0.29, 0.717) is 15.8 Å². The average molecular weight is 484 g/mol. The Balaban J connectivity index is 1.86. The number of likely N-dealkylation sites (tertiary alicyclic amines) is 1. The number of nitrogens with zero attached hydrogens (tertiary/aromatic N) is 1. The Morgan fingerprint density at radius 3 is 2.39 bits per heavy atom. The van der Waals surface area contributed by atoms with Crippen molar-refractivity contribution in [3.63, 3.8) is 0 Å². The van der Waals surface area contributed by atoms with Gasteiger partial charge >= 0.3 is 0 Å². The maximum atomic E-state index is 13.2. The van der Waals surface area contributed by atoms with E-state index < -0.39 is 17.7 Å². The number of hydrogen-bond acceptors (Lipinski definition) is 4. The Hall–Kier alpha value is -2.60. The van der Waals surface area contributed by atoms with Crippen LogP contribution in [0.3, 0.4) is 0 Å². The molecule has 0 bridgehead atoms. The highest BCUT2D eigenvalue weighted by molar-refractivity contribution is 9.10. The number of carbonyl (C=O) groups excluding carboxylic acids is 2. The Bertz CT molecular complexity index is 1040. The SMILES string of the molecule is CCc1ccc(C2/C(=C(/O)c3ccc(OC)c(Br)c3)C(=O)C(=O)N2C2CCCC2)cc1. The zero-order chi connectivity index (χ0) is 22.1. The number of amides is 1. The van der Waals surface area contributed by atoms with E-state index in [1.807, 2.05) is 24.3 Å². The first-order valence-electron chi connectivity index (χ1n) is 10.7. The maximum absolute atomic E-state index is 13.2. The van der Waals surface area contributed by atoms with Gasteiger partial charge in [-0.15, -0.1) is 0 Å². The van der Waals surface area contributed by atoms with Crippen molar-refractivity contribution in [3.8, 4) is 5.75 Å². The number of ketones is 1. The van der Waals surface area contributed by atoms with Crippen molar-refractivity contribution >= 4 is 33.4 Å². The third-order valence-electron chi connectivity index (χ3n) is 6.33. The van der Waals surface area contributed by atoms with Gasteiger partial charge in [0, 0.05) is 11.6 Å². The highest BCUT2D eigenvalue weighted by Crippen LogP contribution is 2.44. The van der Waals surface area contributed by atoms with Gasteiger partial charge < -0.3 is 14.7 Å². The Kier molecular flexibility index (Phi) is 6.19. The Labute approximate surface area is 190 Å². The lowest BCUT2D eigenvalue weighted by atomic mass is 9.94. The van der Waals surface area contributed by atoms with Crippen LogP contribution < -0.4 is 4.74 Å². The Morgan fingerprint density at radius 1 is 1.13 bits per heavy atom. The normalized spacial score (nSPS) is 21.1. The predicted molar refractivity (Wildman–Crippen MR) is 123 cm³/mol. The molecule has 1 saturated heterocycles. The van der Waals surface area contributed by atoms with Crippen LogP contribution in [0.2, 0.25) is 0 Å². The minimum absolute atomic E-state index is 0.0141. The number of ether oxygens (including phenoxy) is 1. The molecule has 2 aromatic rings. The molecule has 6 heteroatoms. The van der Waals surface area contributed by atoms with Crippen LogP contribution in [0.5, 0.6) is 5.75 Å². The third-order valence-corrected chi connectivity index (χ3v) is 6.95. The zero-order valence-electron chi connectivity index (χ0n) is 17.7. The van der Waals surface area contributed by atoms with E-state index in [1.165, 1.54) is 5.56 Å². The van der Waals surface area contributed by atoms with Gasteiger partial charge in [0.15, 0.2) is 0 Å². The summed E-state index contributed by atoms with van der Waals surface area (Å²) in [5.41, 5.74) is 2.64. The number of aliphatic hydroxyl groups excluding tert-OH is 1. The van der Waals surface area contributed by atoms with Gasteiger partial charge in [0.25, 0.3) is 11.7 Å². The van der Waals surface area contributed by atoms with Gasteiger partial charge in [0.05, 0.1) is 23.2 Å². The standard InChI is InChI=1S/C25H26BrNO4/c1-3-15-8-10-16(11-9-15)22-21(23(28)17-12-13-20(31-2)19(26)14-17)24(29)25(30)27(22)18-6-4-5-7-18/h8-14,18,22,28H,3-7H2,1-2H3/b23-21-. The second-order valence-electron chi connectivity index (χ2n) is 8.09. The van der Waals surface area contributed by atoms with Crippen LogP contribution >= 0.6 is 15.9 Å². The molecule has 0 radical (unpaired) electrons. The first-order chi connectivity index (χ1) is 15.0. The smallest absolute Gasteiger partial charge is 0.295 e. The summed E-state index contributed by atoms with van der Waals surface area (Å²) < 4.78 is 5.93. The fraction of sp³-hybridized carbons (Fsp3) is 0.360. The fourth-order valence-corrected chi connectivity index (χ4v) is 5.18. The van der Waals surface area contributed by atoms with Gasteiger partial charge in [0.2, 0.25) is 0 Å². The van der Waals surface area contributed by atoms with Crippen molar-refractivity contribution in [2.45, 2.75) is 51.1 Å². The predicted octanol–water partition coefficient (Wildman–Crippen LogP) is 5.38. The highest BCUT2D eigenvalue weighted by atomic mass is 79.9. The summed E-state index contributed by atoms with van der Waals surface area (Å²) in [7, 11) is 1.56. The molecule has 2 aliphatic rings. The molecule has 2 aromatic carbocycles. The van der Waals surface area contributed by atoms with Crippen LogP contribution in [0.1, 0.15) is 55.3 Å². The molecule has 1 amide bonds. The van der Waals surface area contributed by atoms with Gasteiger partial charge in [0.1, 0.15) is 11.5 Å². The van der Waals surface area contributed by atoms with E-state index in [2.05, 4.69) is 22.9 Å². The molecule has 1 N–H and O–H groups in total. The molecule has 0 spiro atoms. The molecule has 31 heavy (non-hydrogen) atoms. The first kappa shape index (κ1) is 21.6. The van der Waals surface area contributed by atoms with E-state index in [9.17, 15) is 14.7 Å². The maximum Gasteiger partial charge on any atom is 0.295 e. The van der Waals surface area contributed by atoms with E-state index >= 15 is 0 Å². The molecule has 1 aliphatic carbocycles. The lowest BCUT2D eigenvalue weighted by molar-refractivity contribution is -0.141. The lowest BCUT2D eigenvalue weighted by Crippen LogP contribution is -2.37. The average Bonchev–Trinajstić information content (AvgIpc) is 3.40. The van der Waals surface area contributed by atoms with E-state index in [0.717, 1.165) is 37.7 Å². The van der Waals surface area contributed by atoms with Crippen LogP contribution in [0.15, 0.2) is 52.5 Å². The molecule has 1 aliphatic heterocycles. The molecule has 1 atom stereocenters. The summed E-state index contributed by atoms with van der Waals surface area (Å²) in [6.45, 7) is 2.08. The Morgan fingerprint density at radius 2 is 1.81 bits per heavy atom.